The number of nitrogens with zero attached hydrogens (tertiary/aromatic N) is 5. The summed E-state index contributed by atoms with van der Waals surface area (Å²) >= 11 is 0. The van der Waals surface area contributed by atoms with Gasteiger partial charge in [-0.25, -0.2) is 18.9 Å². The van der Waals surface area contributed by atoms with Crippen LogP contribution < -0.4 is 5.32 Å². The zero-order chi connectivity index (χ0) is 18.4. The van der Waals surface area contributed by atoms with Crippen molar-refractivity contribution in [3.05, 3.63) is 66.4 Å². The predicted molar refractivity (Wildman–Crippen MR) is 95.5 cm³/mol. The number of tetrazole rings is 1. The number of aromatic amines is 1. The third kappa shape index (κ3) is 2.65. The van der Waals surface area contributed by atoms with Crippen LogP contribution >= 0.6 is 0 Å². The lowest BCUT2D eigenvalue weighted by Gasteiger charge is -2.11. The lowest BCUT2D eigenvalue weighted by Crippen LogP contribution is -2.00. The summed E-state index contributed by atoms with van der Waals surface area (Å²) in [6, 6.07) is 12.6. The maximum Gasteiger partial charge on any atom is 0.179 e. The summed E-state index contributed by atoms with van der Waals surface area (Å²) in [5.74, 6) is -0.326. The van der Waals surface area contributed by atoms with Crippen molar-refractivity contribution in [2.24, 2.45) is 0 Å². The van der Waals surface area contributed by atoms with Gasteiger partial charge in [0, 0.05) is 23.5 Å². The molecule has 2 aromatic carbocycles. The quantitative estimate of drug-likeness (QED) is 0.511. The summed E-state index contributed by atoms with van der Waals surface area (Å²) in [5.41, 5.74) is 3.38. The van der Waals surface area contributed by atoms with Crippen LogP contribution in [0.4, 0.5) is 20.3 Å². The first kappa shape index (κ1) is 15.4. The van der Waals surface area contributed by atoms with E-state index in [1.807, 2.05) is 40.9 Å². The Hall–Kier alpha value is -3.88. The molecule has 132 valence electrons. The number of benzene rings is 2. The van der Waals surface area contributed by atoms with Crippen molar-refractivity contribution < 1.29 is 8.78 Å². The van der Waals surface area contributed by atoms with Gasteiger partial charge in [-0.1, -0.05) is 0 Å². The van der Waals surface area contributed by atoms with Crippen molar-refractivity contribution in [1.82, 2.24) is 30.0 Å². The molecule has 3 aromatic heterocycles. The molecule has 5 aromatic rings. The fourth-order valence-electron chi connectivity index (χ4n) is 3.06. The van der Waals surface area contributed by atoms with Crippen LogP contribution in [0.3, 0.4) is 0 Å². The molecule has 0 bridgehead atoms. The summed E-state index contributed by atoms with van der Waals surface area (Å²) in [4.78, 5) is 4.64. The van der Waals surface area contributed by atoms with E-state index in [4.69, 9.17) is 0 Å². The van der Waals surface area contributed by atoms with E-state index in [-0.39, 0.29) is 5.69 Å². The number of rotatable bonds is 3. The van der Waals surface area contributed by atoms with E-state index in [2.05, 4.69) is 30.9 Å². The maximum absolute atomic E-state index is 13.5. The van der Waals surface area contributed by atoms with Crippen molar-refractivity contribution in [3.8, 4) is 11.4 Å². The summed E-state index contributed by atoms with van der Waals surface area (Å²) in [6.07, 6.45) is 1.90. The molecule has 3 heterocycles. The fraction of sp³-hybridized carbons (Fsp3) is 0. The zero-order valence-electron chi connectivity index (χ0n) is 13.7. The average Bonchev–Trinajstić information content (AvgIpc) is 3.33. The molecule has 5 rings (SSSR count). The second-order valence-corrected chi connectivity index (χ2v) is 5.96. The Balaban J connectivity index is 1.69. The molecule has 0 saturated heterocycles. The molecule has 0 aliphatic heterocycles. The lowest BCUT2D eigenvalue weighted by molar-refractivity contribution is 0.584. The molecule has 7 nitrogen and oxygen atoms in total. The highest BCUT2D eigenvalue weighted by Gasteiger charge is 2.11. The van der Waals surface area contributed by atoms with Gasteiger partial charge in [0.05, 0.1) is 16.6 Å². The van der Waals surface area contributed by atoms with Crippen LogP contribution in [0.15, 0.2) is 54.7 Å². The molecule has 0 amide bonds. The first-order valence-corrected chi connectivity index (χ1v) is 8.05. The first-order chi connectivity index (χ1) is 13.2. The molecule has 0 unspecified atom stereocenters. The highest BCUT2D eigenvalue weighted by molar-refractivity contribution is 5.88. The Morgan fingerprint density at radius 2 is 1.81 bits per heavy atom. The highest BCUT2D eigenvalue weighted by Crippen LogP contribution is 2.28. The molecular weight excluding hydrogens is 352 g/mol. The number of halogens is 2. The minimum Gasteiger partial charge on any atom is -0.338 e. The summed E-state index contributed by atoms with van der Waals surface area (Å²) in [7, 11) is 0. The van der Waals surface area contributed by atoms with Crippen LogP contribution in [-0.4, -0.2) is 30.0 Å². The molecule has 0 fully saturated rings. The molecule has 0 radical (unpaired) electrons. The van der Waals surface area contributed by atoms with Gasteiger partial charge in [-0.05, 0) is 52.9 Å². The third-order valence-corrected chi connectivity index (χ3v) is 4.20. The largest absolute Gasteiger partial charge is 0.338 e. The van der Waals surface area contributed by atoms with E-state index in [1.165, 1.54) is 12.1 Å². The fourth-order valence-corrected chi connectivity index (χ4v) is 3.06. The lowest BCUT2D eigenvalue weighted by atomic mass is 10.2. The van der Waals surface area contributed by atoms with Crippen LogP contribution in [0.25, 0.3) is 27.9 Å². The van der Waals surface area contributed by atoms with Crippen LogP contribution in [0.5, 0.6) is 0 Å². The number of anilines is 2. The number of fused-ring (bicyclic) bond motifs is 3. The van der Waals surface area contributed by atoms with E-state index in [0.717, 1.165) is 22.7 Å². The van der Waals surface area contributed by atoms with E-state index in [0.29, 0.717) is 17.2 Å². The highest BCUT2D eigenvalue weighted by atomic mass is 19.1. The number of hydrogen-bond donors (Lipinski definition) is 2. The SMILES string of the molecule is Fc1cc(F)cc(Nc2nc3cc(-c4nnn[nH]4)ccc3n3cccc23)c1. The second kappa shape index (κ2) is 5.84. The van der Waals surface area contributed by atoms with Gasteiger partial charge in [-0.3, -0.25) is 0 Å². The van der Waals surface area contributed by atoms with Crippen LogP contribution in [0, 0.1) is 11.6 Å². The second-order valence-electron chi connectivity index (χ2n) is 5.96. The molecule has 0 spiro atoms. The molecule has 0 aliphatic carbocycles. The predicted octanol–water partition coefficient (Wildman–Crippen LogP) is 3.69. The van der Waals surface area contributed by atoms with Crippen LogP contribution in [0.1, 0.15) is 0 Å². The molecule has 0 aliphatic rings. The Bertz CT molecular complexity index is 1260. The number of hydrogen-bond acceptors (Lipinski definition) is 5. The standard InChI is InChI=1S/C18H11F2N7/c19-11-7-12(20)9-13(8-11)21-18-16-2-1-5-27(16)15-4-3-10(6-14(15)22-18)17-23-25-26-24-17/h1-9H,(H,21,22)(H,23,24,25,26). The van der Waals surface area contributed by atoms with Gasteiger partial charge in [0.15, 0.2) is 11.6 Å². The summed E-state index contributed by atoms with van der Waals surface area (Å²) in [5, 5.41) is 16.8. The molecular formula is C18H11F2N7. The molecule has 2 N–H and O–H groups in total. The molecule has 0 atom stereocenters. The summed E-state index contributed by atoms with van der Waals surface area (Å²) in [6.45, 7) is 0. The number of nitrogens with one attached hydrogen (secondary N) is 2. The summed E-state index contributed by atoms with van der Waals surface area (Å²) < 4.78 is 29.0. The monoisotopic (exact) mass is 363 g/mol. The molecule has 27 heavy (non-hydrogen) atoms. The van der Waals surface area contributed by atoms with Crippen molar-refractivity contribution in [3.63, 3.8) is 0 Å². The van der Waals surface area contributed by atoms with Gasteiger partial charge in [0.2, 0.25) is 0 Å². The average molecular weight is 363 g/mol. The van der Waals surface area contributed by atoms with Gasteiger partial charge >= 0.3 is 0 Å². The van der Waals surface area contributed by atoms with Gasteiger partial charge in [-0.15, -0.1) is 5.10 Å². The van der Waals surface area contributed by atoms with E-state index >= 15 is 0 Å². The van der Waals surface area contributed by atoms with Crippen molar-refractivity contribution in [1.29, 1.82) is 0 Å². The molecule has 9 heteroatoms. The van der Waals surface area contributed by atoms with Crippen molar-refractivity contribution in [2.45, 2.75) is 0 Å². The van der Waals surface area contributed by atoms with Gasteiger partial charge < -0.3 is 9.72 Å². The van der Waals surface area contributed by atoms with Crippen LogP contribution in [0.2, 0.25) is 0 Å². The Morgan fingerprint density at radius 3 is 2.59 bits per heavy atom. The van der Waals surface area contributed by atoms with E-state index < -0.39 is 11.6 Å². The van der Waals surface area contributed by atoms with Crippen molar-refractivity contribution >= 4 is 28.1 Å². The van der Waals surface area contributed by atoms with Gasteiger partial charge in [-0.2, -0.15) is 0 Å². The third-order valence-electron chi connectivity index (χ3n) is 4.20. The normalized spacial score (nSPS) is 11.3. The zero-order valence-corrected chi connectivity index (χ0v) is 13.7. The maximum atomic E-state index is 13.5. The Labute approximate surface area is 150 Å². The number of H-pyrrole nitrogens is 1. The van der Waals surface area contributed by atoms with E-state index in [9.17, 15) is 8.78 Å². The van der Waals surface area contributed by atoms with Crippen molar-refractivity contribution in [2.75, 3.05) is 5.32 Å². The van der Waals surface area contributed by atoms with Crippen LogP contribution in [-0.2, 0) is 0 Å². The minimum absolute atomic E-state index is 0.276. The Kier molecular flexibility index (Phi) is 3.32. The first-order valence-electron chi connectivity index (χ1n) is 8.05. The smallest absolute Gasteiger partial charge is 0.179 e. The molecule has 0 saturated carbocycles. The Morgan fingerprint density at radius 1 is 0.963 bits per heavy atom. The number of aromatic nitrogens is 6. The van der Waals surface area contributed by atoms with E-state index in [1.54, 1.807) is 0 Å². The van der Waals surface area contributed by atoms with Gasteiger partial charge in [0.25, 0.3) is 0 Å². The van der Waals surface area contributed by atoms with Gasteiger partial charge in [0.1, 0.15) is 11.6 Å². The topological polar surface area (TPSA) is 83.8 Å². The minimum atomic E-state index is -0.662.